The van der Waals surface area contributed by atoms with Gasteiger partial charge in [0.15, 0.2) is 0 Å². The quantitative estimate of drug-likeness (QED) is 0.741. The van der Waals surface area contributed by atoms with Crippen LogP contribution in [0.25, 0.3) is 0 Å². The number of halogens is 5. The van der Waals surface area contributed by atoms with Gasteiger partial charge in [-0.2, -0.15) is 13.2 Å². The molecule has 14 heavy (non-hydrogen) atoms. The van der Waals surface area contributed by atoms with Crippen molar-refractivity contribution in [2.24, 2.45) is 0 Å². The lowest BCUT2D eigenvalue weighted by atomic mass is 10.3. The summed E-state index contributed by atoms with van der Waals surface area (Å²) in [6.07, 6.45) is -4.41. The van der Waals surface area contributed by atoms with E-state index in [4.69, 9.17) is 0 Å². The van der Waals surface area contributed by atoms with Crippen molar-refractivity contribution in [1.82, 2.24) is 0 Å². The van der Waals surface area contributed by atoms with Crippen LogP contribution in [-0.2, 0) is 0 Å². The fourth-order valence-corrected chi connectivity index (χ4v) is 0.858. The molecule has 0 aliphatic carbocycles. The van der Waals surface area contributed by atoms with Gasteiger partial charge in [-0.1, -0.05) is 0 Å². The number of alkyl halides is 3. The molecule has 0 aliphatic rings. The second-order valence-electron chi connectivity index (χ2n) is 2.63. The lowest BCUT2D eigenvalue weighted by molar-refractivity contribution is -0.115. The molecule has 0 amide bonds. The monoisotopic (exact) mass is 211 g/mol. The average molecular weight is 211 g/mol. The Labute approximate surface area is 76.5 Å². The van der Waals surface area contributed by atoms with E-state index >= 15 is 0 Å². The Kier molecular flexibility index (Phi) is 2.93. The number of rotatable bonds is 2. The van der Waals surface area contributed by atoms with Crippen LogP contribution in [0.5, 0.6) is 0 Å². The fraction of sp³-hybridized carbons (Fsp3) is 0.250. The molecule has 0 heterocycles. The molecule has 0 aliphatic heterocycles. The third-order valence-corrected chi connectivity index (χ3v) is 1.36. The maximum atomic E-state index is 12.5. The van der Waals surface area contributed by atoms with Gasteiger partial charge < -0.3 is 5.32 Å². The Hall–Kier alpha value is -1.33. The molecule has 1 rings (SSSR count). The van der Waals surface area contributed by atoms with Crippen LogP contribution in [0.1, 0.15) is 0 Å². The second-order valence-corrected chi connectivity index (χ2v) is 2.63. The molecule has 0 aromatic heterocycles. The molecule has 0 unspecified atom stereocenters. The van der Waals surface area contributed by atoms with Crippen molar-refractivity contribution < 1.29 is 22.0 Å². The Balaban J connectivity index is 2.68. The summed E-state index contributed by atoms with van der Waals surface area (Å²) in [4.78, 5) is 0. The van der Waals surface area contributed by atoms with Crippen molar-refractivity contribution in [3.8, 4) is 0 Å². The van der Waals surface area contributed by atoms with E-state index < -0.39 is 24.4 Å². The minimum atomic E-state index is -4.41. The minimum Gasteiger partial charge on any atom is -0.376 e. The number of hydrogen-bond acceptors (Lipinski definition) is 1. The van der Waals surface area contributed by atoms with Crippen LogP contribution in [0, 0.1) is 11.6 Å². The van der Waals surface area contributed by atoms with Crippen LogP contribution in [0.15, 0.2) is 18.2 Å². The van der Waals surface area contributed by atoms with E-state index in [-0.39, 0.29) is 5.69 Å². The van der Waals surface area contributed by atoms with E-state index in [0.29, 0.717) is 6.07 Å². The maximum absolute atomic E-state index is 12.5. The lowest BCUT2D eigenvalue weighted by Crippen LogP contribution is -2.21. The van der Waals surface area contributed by atoms with Crippen molar-refractivity contribution >= 4 is 5.69 Å². The molecule has 0 radical (unpaired) electrons. The third kappa shape index (κ3) is 3.59. The van der Waals surface area contributed by atoms with Gasteiger partial charge in [0.25, 0.3) is 0 Å². The summed E-state index contributed by atoms with van der Waals surface area (Å²) in [6.45, 7) is -1.32. The van der Waals surface area contributed by atoms with Crippen molar-refractivity contribution in [3.05, 3.63) is 29.8 Å². The van der Waals surface area contributed by atoms with Crippen molar-refractivity contribution in [1.29, 1.82) is 0 Å². The molecule has 0 saturated carbocycles. The molecular weight excluding hydrogens is 205 g/mol. The predicted molar refractivity (Wildman–Crippen MR) is 40.9 cm³/mol. The first-order valence-corrected chi connectivity index (χ1v) is 3.63. The Morgan fingerprint density at radius 3 is 1.93 bits per heavy atom. The van der Waals surface area contributed by atoms with Crippen molar-refractivity contribution in [2.45, 2.75) is 6.18 Å². The molecule has 0 bridgehead atoms. The smallest absolute Gasteiger partial charge is 0.376 e. The summed E-state index contributed by atoms with van der Waals surface area (Å²) in [5.74, 6) is -1.84. The normalized spacial score (nSPS) is 11.5. The van der Waals surface area contributed by atoms with Crippen molar-refractivity contribution in [3.63, 3.8) is 0 Å². The molecule has 1 aromatic carbocycles. The zero-order valence-electron chi connectivity index (χ0n) is 6.83. The summed E-state index contributed by atoms with van der Waals surface area (Å²) in [7, 11) is 0. The van der Waals surface area contributed by atoms with Gasteiger partial charge in [-0.05, 0) is 12.1 Å². The standard InChI is InChI=1S/C8H6F5N/c9-5-1-6(10)3-7(2-5)14-4-8(11,12)13/h1-3,14H,4H2. The molecule has 1 aromatic rings. The molecule has 1 nitrogen and oxygen atoms in total. The molecule has 78 valence electrons. The second kappa shape index (κ2) is 3.81. The number of nitrogens with one attached hydrogen (secondary N) is 1. The van der Waals surface area contributed by atoms with Gasteiger partial charge in [0.1, 0.15) is 18.2 Å². The van der Waals surface area contributed by atoms with Gasteiger partial charge in [-0.25, -0.2) is 8.78 Å². The molecular formula is C8H6F5N. The topological polar surface area (TPSA) is 12.0 Å². The van der Waals surface area contributed by atoms with Crippen LogP contribution in [0.4, 0.5) is 27.6 Å². The van der Waals surface area contributed by atoms with Crippen molar-refractivity contribution in [2.75, 3.05) is 11.9 Å². The highest BCUT2D eigenvalue weighted by molar-refractivity contribution is 5.43. The number of benzene rings is 1. The van der Waals surface area contributed by atoms with Crippen LogP contribution in [0.2, 0.25) is 0 Å². The third-order valence-electron chi connectivity index (χ3n) is 1.36. The van der Waals surface area contributed by atoms with E-state index in [1.165, 1.54) is 0 Å². The number of anilines is 1. The van der Waals surface area contributed by atoms with Crippen LogP contribution in [-0.4, -0.2) is 12.7 Å². The zero-order chi connectivity index (χ0) is 10.8. The largest absolute Gasteiger partial charge is 0.405 e. The highest BCUT2D eigenvalue weighted by atomic mass is 19.4. The molecule has 0 fully saturated rings. The van der Waals surface area contributed by atoms with E-state index in [9.17, 15) is 22.0 Å². The maximum Gasteiger partial charge on any atom is 0.405 e. The predicted octanol–water partition coefficient (Wildman–Crippen LogP) is 2.94. The fourth-order valence-electron chi connectivity index (χ4n) is 0.858. The molecule has 0 spiro atoms. The Bertz CT molecular complexity index is 300. The summed E-state index contributed by atoms with van der Waals surface area (Å²) < 4.78 is 60.1. The first-order valence-electron chi connectivity index (χ1n) is 3.63. The van der Waals surface area contributed by atoms with Gasteiger partial charge in [-0.3, -0.25) is 0 Å². The Morgan fingerprint density at radius 2 is 1.50 bits per heavy atom. The van der Waals surface area contributed by atoms with Gasteiger partial charge in [-0.15, -0.1) is 0 Å². The summed E-state index contributed by atoms with van der Waals surface area (Å²) >= 11 is 0. The van der Waals surface area contributed by atoms with Crippen LogP contribution >= 0.6 is 0 Å². The van der Waals surface area contributed by atoms with Gasteiger partial charge >= 0.3 is 6.18 Å². The highest BCUT2D eigenvalue weighted by Crippen LogP contribution is 2.18. The minimum absolute atomic E-state index is 0.236. The summed E-state index contributed by atoms with van der Waals surface area (Å²) in [5, 5.41) is 1.86. The number of hydrogen-bond donors (Lipinski definition) is 1. The van der Waals surface area contributed by atoms with Gasteiger partial charge in [0.05, 0.1) is 0 Å². The van der Waals surface area contributed by atoms with Crippen LogP contribution in [0.3, 0.4) is 0 Å². The Morgan fingerprint density at radius 1 is 1.00 bits per heavy atom. The molecule has 1 N–H and O–H groups in total. The first kappa shape index (κ1) is 10.7. The van der Waals surface area contributed by atoms with Gasteiger partial charge in [0, 0.05) is 11.8 Å². The summed E-state index contributed by atoms with van der Waals surface area (Å²) in [6, 6.07) is 2.16. The van der Waals surface area contributed by atoms with E-state index in [0.717, 1.165) is 12.1 Å². The molecule has 6 heteroatoms. The van der Waals surface area contributed by atoms with Gasteiger partial charge in [0.2, 0.25) is 0 Å². The van der Waals surface area contributed by atoms with E-state index in [1.807, 2.05) is 5.32 Å². The zero-order valence-corrected chi connectivity index (χ0v) is 6.83. The van der Waals surface area contributed by atoms with E-state index in [2.05, 4.69) is 0 Å². The molecule has 0 saturated heterocycles. The lowest BCUT2D eigenvalue weighted by Gasteiger charge is -2.09. The van der Waals surface area contributed by atoms with E-state index in [1.54, 1.807) is 0 Å². The van der Waals surface area contributed by atoms with Crippen LogP contribution < -0.4 is 5.32 Å². The molecule has 0 atom stereocenters. The first-order chi connectivity index (χ1) is 6.37. The highest BCUT2D eigenvalue weighted by Gasteiger charge is 2.26. The SMILES string of the molecule is Fc1cc(F)cc(NCC(F)(F)F)c1. The average Bonchev–Trinajstić information content (AvgIpc) is 1.97. The summed E-state index contributed by atoms with van der Waals surface area (Å²) in [5.41, 5.74) is -0.236.